The van der Waals surface area contributed by atoms with E-state index < -0.39 is 0 Å². The van der Waals surface area contributed by atoms with Crippen molar-refractivity contribution in [1.29, 1.82) is 0 Å². The van der Waals surface area contributed by atoms with Crippen LogP contribution in [0.15, 0.2) is 35.7 Å². The van der Waals surface area contributed by atoms with Crippen LogP contribution in [0.3, 0.4) is 0 Å². The molecule has 0 atom stereocenters. The van der Waals surface area contributed by atoms with Crippen LogP contribution in [0.1, 0.15) is 28.1 Å². The van der Waals surface area contributed by atoms with Crippen molar-refractivity contribution in [3.63, 3.8) is 0 Å². The summed E-state index contributed by atoms with van der Waals surface area (Å²) in [6.07, 6.45) is 0. The van der Waals surface area contributed by atoms with Crippen LogP contribution in [0.2, 0.25) is 0 Å². The van der Waals surface area contributed by atoms with Crippen LogP contribution in [-0.2, 0) is 0 Å². The van der Waals surface area contributed by atoms with E-state index in [2.05, 4.69) is 78.1 Å². The van der Waals surface area contributed by atoms with Crippen LogP contribution < -0.4 is 5.32 Å². The third-order valence-corrected chi connectivity index (χ3v) is 5.73. The van der Waals surface area contributed by atoms with Gasteiger partial charge in [-0.15, -0.1) is 11.3 Å². The van der Waals surface area contributed by atoms with Crippen LogP contribution in [0.25, 0.3) is 16.3 Å². The maximum absolute atomic E-state index is 4.89. The number of thiophene rings is 1. The van der Waals surface area contributed by atoms with Crippen LogP contribution >= 0.6 is 11.3 Å². The van der Waals surface area contributed by atoms with Gasteiger partial charge in [0.15, 0.2) is 0 Å². The maximum atomic E-state index is 4.89. The average Bonchev–Trinajstić information content (AvgIpc) is 3.14. The van der Waals surface area contributed by atoms with Crippen LogP contribution in [0.4, 0.5) is 11.5 Å². The zero-order valence-corrected chi connectivity index (χ0v) is 16.5. The smallest absolute Gasteiger partial charge is 0.236 e. The largest absolute Gasteiger partial charge is 0.339 e. The molecule has 5 heteroatoms. The molecule has 1 N–H and O–H groups in total. The van der Waals surface area contributed by atoms with Gasteiger partial charge in [-0.25, -0.2) is 9.97 Å². The zero-order valence-electron chi connectivity index (χ0n) is 15.7. The molecule has 0 amide bonds. The van der Waals surface area contributed by atoms with Gasteiger partial charge in [0.05, 0.1) is 4.88 Å². The summed E-state index contributed by atoms with van der Waals surface area (Å²) in [5.41, 5.74) is 7.85. The summed E-state index contributed by atoms with van der Waals surface area (Å²) >= 11 is 1.72. The van der Waals surface area contributed by atoms with Gasteiger partial charge in [0.2, 0.25) is 5.78 Å². The van der Waals surface area contributed by atoms with Crippen molar-refractivity contribution >= 4 is 28.6 Å². The Bertz CT molecular complexity index is 1100. The number of aromatic nitrogens is 3. The molecule has 0 aliphatic heterocycles. The highest BCUT2D eigenvalue weighted by molar-refractivity contribution is 7.13. The second kappa shape index (κ2) is 6.25. The van der Waals surface area contributed by atoms with E-state index in [4.69, 9.17) is 4.98 Å². The minimum atomic E-state index is 0.735. The van der Waals surface area contributed by atoms with Crippen molar-refractivity contribution < 1.29 is 0 Å². The Morgan fingerprint density at radius 2 is 1.65 bits per heavy atom. The molecule has 3 aromatic heterocycles. The van der Waals surface area contributed by atoms with Crippen molar-refractivity contribution in [2.45, 2.75) is 34.6 Å². The minimum absolute atomic E-state index is 0.735. The van der Waals surface area contributed by atoms with Gasteiger partial charge < -0.3 is 5.32 Å². The Morgan fingerprint density at radius 1 is 0.923 bits per heavy atom. The van der Waals surface area contributed by atoms with E-state index in [1.165, 1.54) is 21.6 Å². The lowest BCUT2D eigenvalue weighted by molar-refractivity contribution is 1.02. The summed E-state index contributed by atoms with van der Waals surface area (Å²) < 4.78 is 2.12. The van der Waals surface area contributed by atoms with E-state index in [1.54, 1.807) is 11.3 Å². The van der Waals surface area contributed by atoms with Gasteiger partial charge in [-0.3, -0.25) is 4.40 Å². The van der Waals surface area contributed by atoms with Crippen LogP contribution in [0, 0.1) is 34.6 Å². The zero-order chi connectivity index (χ0) is 18.4. The summed E-state index contributed by atoms with van der Waals surface area (Å²) in [6.45, 7) is 10.5. The van der Waals surface area contributed by atoms with Gasteiger partial charge in [-0.05, 0) is 68.8 Å². The molecule has 0 fully saturated rings. The van der Waals surface area contributed by atoms with Crippen molar-refractivity contribution in [3.8, 4) is 10.6 Å². The average molecular weight is 363 g/mol. The highest BCUT2D eigenvalue weighted by Crippen LogP contribution is 2.37. The highest BCUT2D eigenvalue weighted by atomic mass is 32.1. The Labute approximate surface area is 157 Å². The number of imidazole rings is 1. The number of nitrogens with one attached hydrogen (secondary N) is 1. The molecule has 0 unspecified atom stereocenters. The first-order valence-corrected chi connectivity index (χ1v) is 9.58. The van der Waals surface area contributed by atoms with Gasteiger partial charge >= 0.3 is 0 Å². The number of aryl methyl sites for hydroxylation is 5. The van der Waals surface area contributed by atoms with Crippen LogP contribution in [-0.4, -0.2) is 14.4 Å². The SMILES string of the molecule is Cc1cc(C)n2c(Nc3c(C)cccc3C)c(-c3sccc3C)nc2n1. The summed E-state index contributed by atoms with van der Waals surface area (Å²) in [7, 11) is 0. The Hall–Kier alpha value is -2.66. The minimum Gasteiger partial charge on any atom is -0.339 e. The standard InChI is InChI=1S/C21H22N4S/c1-12-7-6-8-13(2)17(12)23-20-18(19-14(3)9-10-26-19)24-21-22-15(4)11-16(5)25(20)21/h6-11,23H,1-5H3. The number of rotatable bonds is 3. The van der Waals surface area contributed by atoms with E-state index in [0.717, 1.165) is 34.4 Å². The fourth-order valence-electron chi connectivity index (χ4n) is 3.39. The summed E-state index contributed by atoms with van der Waals surface area (Å²) in [4.78, 5) is 10.7. The normalized spacial score (nSPS) is 11.3. The number of fused-ring (bicyclic) bond motifs is 1. The number of nitrogens with zero attached hydrogens (tertiary/aromatic N) is 3. The molecule has 1 aromatic carbocycles. The molecular weight excluding hydrogens is 340 g/mol. The predicted octanol–water partition coefficient (Wildman–Crippen LogP) is 5.74. The second-order valence-electron chi connectivity index (χ2n) is 6.81. The monoisotopic (exact) mass is 362 g/mol. The molecule has 132 valence electrons. The highest BCUT2D eigenvalue weighted by Gasteiger charge is 2.20. The van der Waals surface area contributed by atoms with Crippen molar-refractivity contribution in [2.75, 3.05) is 5.32 Å². The molecular formula is C21H22N4S. The lowest BCUT2D eigenvalue weighted by atomic mass is 10.1. The van der Waals surface area contributed by atoms with Gasteiger partial charge in [0.1, 0.15) is 11.5 Å². The predicted molar refractivity (Wildman–Crippen MR) is 110 cm³/mol. The number of anilines is 2. The topological polar surface area (TPSA) is 42.2 Å². The van der Waals surface area contributed by atoms with Crippen molar-refractivity contribution in [1.82, 2.24) is 14.4 Å². The third-order valence-electron chi connectivity index (χ3n) is 4.71. The van der Waals surface area contributed by atoms with Gasteiger partial charge in [0, 0.05) is 17.1 Å². The molecule has 3 heterocycles. The number of hydrogen-bond acceptors (Lipinski definition) is 4. The number of para-hydroxylation sites is 1. The molecule has 26 heavy (non-hydrogen) atoms. The molecule has 0 saturated carbocycles. The molecule has 4 nitrogen and oxygen atoms in total. The molecule has 0 bridgehead atoms. The summed E-state index contributed by atoms with van der Waals surface area (Å²) in [6, 6.07) is 10.6. The molecule has 0 spiro atoms. The van der Waals surface area contributed by atoms with Crippen molar-refractivity contribution in [3.05, 3.63) is 63.8 Å². The molecule has 0 aliphatic rings. The first kappa shape index (κ1) is 16.8. The van der Waals surface area contributed by atoms with Gasteiger partial charge in [0.25, 0.3) is 0 Å². The maximum Gasteiger partial charge on any atom is 0.236 e. The Balaban J connectivity index is 2.01. The Kier molecular flexibility index (Phi) is 4.04. The van der Waals surface area contributed by atoms with E-state index >= 15 is 0 Å². The Morgan fingerprint density at radius 3 is 2.31 bits per heavy atom. The van der Waals surface area contributed by atoms with E-state index in [9.17, 15) is 0 Å². The first-order valence-electron chi connectivity index (χ1n) is 8.70. The fourth-order valence-corrected chi connectivity index (χ4v) is 4.31. The molecule has 0 radical (unpaired) electrons. The van der Waals surface area contributed by atoms with E-state index in [-0.39, 0.29) is 0 Å². The molecule has 0 saturated heterocycles. The van der Waals surface area contributed by atoms with E-state index in [0.29, 0.717) is 0 Å². The van der Waals surface area contributed by atoms with E-state index in [1.807, 2.05) is 6.92 Å². The third kappa shape index (κ3) is 2.69. The quantitative estimate of drug-likeness (QED) is 0.505. The van der Waals surface area contributed by atoms with Gasteiger partial charge in [-0.1, -0.05) is 18.2 Å². The van der Waals surface area contributed by atoms with Crippen LogP contribution in [0.5, 0.6) is 0 Å². The lowest BCUT2D eigenvalue weighted by Gasteiger charge is -2.15. The number of benzene rings is 1. The van der Waals surface area contributed by atoms with Crippen molar-refractivity contribution in [2.24, 2.45) is 0 Å². The lowest BCUT2D eigenvalue weighted by Crippen LogP contribution is -2.03. The summed E-state index contributed by atoms with van der Waals surface area (Å²) in [5, 5.41) is 5.79. The molecule has 4 aromatic rings. The molecule has 4 rings (SSSR count). The van der Waals surface area contributed by atoms with Gasteiger partial charge in [-0.2, -0.15) is 0 Å². The number of hydrogen-bond donors (Lipinski definition) is 1. The summed E-state index contributed by atoms with van der Waals surface area (Å²) in [5.74, 6) is 1.71. The fraction of sp³-hybridized carbons (Fsp3) is 0.238. The molecule has 0 aliphatic carbocycles. The first-order chi connectivity index (χ1) is 12.5. The second-order valence-corrected chi connectivity index (χ2v) is 7.72.